The second-order valence-corrected chi connectivity index (χ2v) is 4.16. The Kier molecular flexibility index (Phi) is 2.23. The summed E-state index contributed by atoms with van der Waals surface area (Å²) in [7, 11) is 1.89. The molecular weight excluding hydrogens is 230 g/mol. The fraction of sp³-hybridized carbons (Fsp3) is 0.0714. The molecule has 1 N–H and O–H groups in total. The number of Topliss-reactive ketones (excluding diaryl/α,β-unsaturated/α-hetero) is 1. The largest absolute Gasteiger partial charge is 0.508 e. The van der Waals surface area contributed by atoms with E-state index in [0.717, 1.165) is 5.69 Å². The molecule has 18 heavy (non-hydrogen) atoms. The molecule has 0 bridgehead atoms. The van der Waals surface area contributed by atoms with Crippen LogP contribution in [0, 0.1) is 0 Å². The minimum atomic E-state index is -0.161. The van der Waals surface area contributed by atoms with Crippen LogP contribution in [0.2, 0.25) is 0 Å². The van der Waals surface area contributed by atoms with Crippen LogP contribution >= 0.6 is 0 Å². The molecule has 2 aromatic rings. The van der Waals surface area contributed by atoms with Crippen molar-refractivity contribution in [3.05, 3.63) is 53.5 Å². The van der Waals surface area contributed by atoms with Gasteiger partial charge in [0.15, 0.2) is 5.76 Å². The lowest BCUT2D eigenvalue weighted by atomic mass is 10.1. The number of aromatic hydroxyl groups is 1. The molecule has 0 radical (unpaired) electrons. The van der Waals surface area contributed by atoms with Gasteiger partial charge in [-0.2, -0.15) is 0 Å². The zero-order valence-corrected chi connectivity index (χ0v) is 9.75. The van der Waals surface area contributed by atoms with Crippen molar-refractivity contribution in [1.29, 1.82) is 0 Å². The Labute approximate surface area is 104 Å². The maximum absolute atomic E-state index is 12.1. The van der Waals surface area contributed by atoms with Gasteiger partial charge in [-0.3, -0.25) is 4.79 Å². The van der Waals surface area contributed by atoms with Crippen LogP contribution in [0.4, 0.5) is 0 Å². The molecule has 1 aliphatic rings. The molecule has 0 spiro atoms. The van der Waals surface area contributed by atoms with Crippen LogP contribution in [0.3, 0.4) is 0 Å². The van der Waals surface area contributed by atoms with Gasteiger partial charge < -0.3 is 14.4 Å². The molecule has 90 valence electrons. The van der Waals surface area contributed by atoms with Gasteiger partial charge in [0.05, 0.1) is 5.56 Å². The Morgan fingerprint density at radius 3 is 2.89 bits per heavy atom. The molecule has 4 heteroatoms. The van der Waals surface area contributed by atoms with Crippen LogP contribution in [-0.2, 0) is 7.05 Å². The molecule has 1 aliphatic heterocycles. The van der Waals surface area contributed by atoms with Crippen molar-refractivity contribution in [1.82, 2.24) is 4.57 Å². The minimum absolute atomic E-state index is 0.0849. The number of nitrogens with zero attached hydrogens (tertiary/aromatic N) is 1. The van der Waals surface area contributed by atoms with E-state index < -0.39 is 0 Å². The summed E-state index contributed by atoms with van der Waals surface area (Å²) in [6.07, 6.45) is 3.59. The molecular formula is C14H11NO3. The quantitative estimate of drug-likeness (QED) is 0.780. The van der Waals surface area contributed by atoms with Crippen LogP contribution in [0.1, 0.15) is 16.1 Å². The van der Waals surface area contributed by atoms with E-state index in [9.17, 15) is 9.90 Å². The SMILES string of the molecule is Cn1cccc1/C=C1/Oc2cc(O)ccc2C1=O. The van der Waals surface area contributed by atoms with Gasteiger partial charge in [0.1, 0.15) is 11.5 Å². The number of ketones is 1. The van der Waals surface area contributed by atoms with E-state index in [1.54, 1.807) is 12.1 Å². The van der Waals surface area contributed by atoms with Crippen LogP contribution < -0.4 is 4.74 Å². The van der Waals surface area contributed by atoms with E-state index in [1.165, 1.54) is 12.1 Å². The van der Waals surface area contributed by atoms with Crippen LogP contribution in [0.5, 0.6) is 11.5 Å². The number of aryl methyl sites for hydroxylation is 1. The number of benzene rings is 1. The monoisotopic (exact) mass is 241 g/mol. The first-order valence-corrected chi connectivity index (χ1v) is 5.54. The number of phenols is 1. The van der Waals surface area contributed by atoms with Gasteiger partial charge in [-0.25, -0.2) is 0 Å². The third kappa shape index (κ3) is 1.59. The molecule has 0 unspecified atom stereocenters. The van der Waals surface area contributed by atoms with Gasteiger partial charge in [-0.05, 0) is 24.3 Å². The highest BCUT2D eigenvalue weighted by atomic mass is 16.5. The summed E-state index contributed by atoms with van der Waals surface area (Å²) in [6, 6.07) is 8.28. The van der Waals surface area contributed by atoms with Crippen LogP contribution in [-0.4, -0.2) is 15.5 Å². The average molecular weight is 241 g/mol. The van der Waals surface area contributed by atoms with Gasteiger partial charge in [0.25, 0.3) is 0 Å². The van der Waals surface area contributed by atoms with Gasteiger partial charge in [0.2, 0.25) is 5.78 Å². The van der Waals surface area contributed by atoms with Crippen molar-refractivity contribution in [2.75, 3.05) is 0 Å². The van der Waals surface area contributed by atoms with E-state index in [4.69, 9.17) is 4.74 Å². The molecule has 1 aromatic carbocycles. The van der Waals surface area contributed by atoms with E-state index in [0.29, 0.717) is 11.3 Å². The molecule has 0 fully saturated rings. The smallest absolute Gasteiger partial charge is 0.232 e. The number of phenolic OH excluding ortho intramolecular Hbond substituents is 1. The third-order valence-electron chi connectivity index (χ3n) is 2.92. The fourth-order valence-corrected chi connectivity index (χ4v) is 1.93. The minimum Gasteiger partial charge on any atom is -0.508 e. The summed E-state index contributed by atoms with van der Waals surface area (Å²) in [6.45, 7) is 0. The number of fused-ring (bicyclic) bond motifs is 1. The van der Waals surface area contributed by atoms with Crippen molar-refractivity contribution in [3.8, 4) is 11.5 Å². The summed E-state index contributed by atoms with van der Waals surface area (Å²) >= 11 is 0. The van der Waals surface area contributed by atoms with Crippen molar-refractivity contribution >= 4 is 11.9 Å². The topological polar surface area (TPSA) is 51.5 Å². The maximum atomic E-state index is 12.1. The maximum Gasteiger partial charge on any atom is 0.232 e. The molecule has 4 nitrogen and oxygen atoms in total. The second-order valence-electron chi connectivity index (χ2n) is 4.16. The van der Waals surface area contributed by atoms with E-state index >= 15 is 0 Å². The normalized spacial score (nSPS) is 15.8. The van der Waals surface area contributed by atoms with Gasteiger partial charge in [0, 0.05) is 31.1 Å². The highest BCUT2D eigenvalue weighted by Gasteiger charge is 2.27. The number of carbonyl (C=O) groups excluding carboxylic acids is 1. The number of ether oxygens (including phenoxy) is 1. The van der Waals surface area contributed by atoms with Crippen molar-refractivity contribution in [2.24, 2.45) is 7.05 Å². The molecule has 3 rings (SSSR count). The van der Waals surface area contributed by atoms with Crippen LogP contribution in [0.15, 0.2) is 42.3 Å². The van der Waals surface area contributed by atoms with Gasteiger partial charge in [-0.1, -0.05) is 0 Å². The number of allylic oxidation sites excluding steroid dienone is 1. The van der Waals surface area contributed by atoms with Gasteiger partial charge >= 0.3 is 0 Å². The van der Waals surface area contributed by atoms with Crippen LogP contribution in [0.25, 0.3) is 6.08 Å². The number of carbonyl (C=O) groups is 1. The number of hydrogen-bond donors (Lipinski definition) is 1. The molecule has 0 saturated carbocycles. The van der Waals surface area contributed by atoms with Crippen molar-refractivity contribution in [2.45, 2.75) is 0 Å². The average Bonchev–Trinajstić information content (AvgIpc) is 2.86. The molecule has 0 saturated heterocycles. The highest BCUT2D eigenvalue weighted by molar-refractivity contribution is 6.14. The first kappa shape index (κ1) is 10.7. The summed E-state index contributed by atoms with van der Waals surface area (Å²) in [4.78, 5) is 12.1. The Bertz CT molecular complexity index is 667. The van der Waals surface area contributed by atoms with E-state index in [-0.39, 0.29) is 17.3 Å². The summed E-state index contributed by atoms with van der Waals surface area (Å²) in [5.41, 5.74) is 1.36. The number of hydrogen-bond acceptors (Lipinski definition) is 3. The summed E-state index contributed by atoms with van der Waals surface area (Å²) < 4.78 is 7.36. The molecule has 2 heterocycles. The molecule has 0 amide bonds. The lowest BCUT2D eigenvalue weighted by Crippen LogP contribution is -1.99. The molecule has 1 aromatic heterocycles. The molecule has 0 atom stereocenters. The standard InChI is InChI=1S/C14H11NO3/c1-15-6-2-3-9(15)7-13-14(17)11-5-4-10(16)8-12(11)18-13/h2-8,16H,1H3/b13-7+. The first-order valence-electron chi connectivity index (χ1n) is 5.54. The van der Waals surface area contributed by atoms with Gasteiger partial charge in [-0.15, -0.1) is 0 Å². The Morgan fingerprint density at radius 2 is 2.17 bits per heavy atom. The Morgan fingerprint density at radius 1 is 1.33 bits per heavy atom. The zero-order chi connectivity index (χ0) is 12.7. The number of aromatic nitrogens is 1. The summed E-state index contributed by atoms with van der Waals surface area (Å²) in [5.74, 6) is 0.603. The molecule has 0 aliphatic carbocycles. The summed E-state index contributed by atoms with van der Waals surface area (Å²) in [5, 5.41) is 9.35. The fourth-order valence-electron chi connectivity index (χ4n) is 1.93. The zero-order valence-electron chi connectivity index (χ0n) is 9.75. The Hall–Kier alpha value is -2.49. The van der Waals surface area contributed by atoms with E-state index in [2.05, 4.69) is 0 Å². The lowest BCUT2D eigenvalue weighted by Gasteiger charge is -1.99. The predicted molar refractivity (Wildman–Crippen MR) is 66.5 cm³/mol. The van der Waals surface area contributed by atoms with Crippen molar-refractivity contribution in [3.63, 3.8) is 0 Å². The third-order valence-corrected chi connectivity index (χ3v) is 2.92. The first-order chi connectivity index (χ1) is 8.65. The highest BCUT2D eigenvalue weighted by Crippen LogP contribution is 2.34. The lowest BCUT2D eigenvalue weighted by molar-refractivity contribution is 0.101. The van der Waals surface area contributed by atoms with E-state index in [1.807, 2.05) is 29.9 Å². The van der Waals surface area contributed by atoms with Crippen molar-refractivity contribution < 1.29 is 14.6 Å². The Balaban J connectivity index is 2.02. The predicted octanol–water partition coefficient (Wildman–Crippen LogP) is 2.35. The second kappa shape index (κ2) is 3.77. The number of rotatable bonds is 1.